The zero-order valence-electron chi connectivity index (χ0n) is 21.7. The second-order valence-corrected chi connectivity index (χ2v) is 10.4. The Morgan fingerprint density at radius 2 is 1.70 bits per heavy atom. The molecule has 0 bridgehead atoms. The van der Waals surface area contributed by atoms with Gasteiger partial charge in [-0.2, -0.15) is 0 Å². The zero-order chi connectivity index (χ0) is 26.6. The fourth-order valence-corrected chi connectivity index (χ4v) is 4.35. The summed E-state index contributed by atoms with van der Waals surface area (Å²) in [7, 11) is 0. The van der Waals surface area contributed by atoms with E-state index in [-0.39, 0.29) is 18.4 Å². The maximum Gasteiger partial charge on any atom is 0.326 e. The van der Waals surface area contributed by atoms with Gasteiger partial charge in [0, 0.05) is 22.7 Å². The lowest BCUT2D eigenvalue weighted by Crippen LogP contribution is -2.30. The number of esters is 1. The number of aromatic nitrogens is 2. The summed E-state index contributed by atoms with van der Waals surface area (Å²) in [6.07, 6.45) is 1.62. The first-order valence-electron chi connectivity index (χ1n) is 12.5. The SMILES string of the molecule is CCCc1nc2cc(N(Cc3ccccc3)C(=O)c3ccc(Cl)cc3)ccc2n1CC(=O)OC(C)(C)C. The van der Waals surface area contributed by atoms with Gasteiger partial charge in [0.25, 0.3) is 5.91 Å². The van der Waals surface area contributed by atoms with Crippen LogP contribution in [0.4, 0.5) is 5.69 Å². The summed E-state index contributed by atoms with van der Waals surface area (Å²) in [5, 5.41) is 0.576. The molecule has 6 nitrogen and oxygen atoms in total. The quantitative estimate of drug-likeness (QED) is 0.240. The van der Waals surface area contributed by atoms with E-state index >= 15 is 0 Å². The van der Waals surface area contributed by atoms with Crippen molar-refractivity contribution in [2.24, 2.45) is 0 Å². The van der Waals surface area contributed by atoms with Crippen LogP contribution in [0.2, 0.25) is 5.02 Å². The first-order valence-corrected chi connectivity index (χ1v) is 12.8. The highest BCUT2D eigenvalue weighted by molar-refractivity contribution is 6.30. The molecular formula is C30H32ClN3O3. The third kappa shape index (κ3) is 6.57. The number of benzene rings is 3. The summed E-state index contributed by atoms with van der Waals surface area (Å²) in [4.78, 5) is 32.9. The van der Waals surface area contributed by atoms with Crippen LogP contribution in [0.25, 0.3) is 11.0 Å². The number of carbonyl (C=O) groups excluding carboxylic acids is 2. The number of anilines is 1. The van der Waals surface area contributed by atoms with Crippen molar-refractivity contribution in [3.8, 4) is 0 Å². The molecule has 0 saturated heterocycles. The van der Waals surface area contributed by atoms with Crippen LogP contribution in [0.1, 0.15) is 55.9 Å². The lowest BCUT2D eigenvalue weighted by molar-refractivity contribution is -0.155. The van der Waals surface area contributed by atoms with Crippen molar-refractivity contribution in [2.45, 2.75) is 59.2 Å². The summed E-state index contributed by atoms with van der Waals surface area (Å²) in [5.74, 6) is 0.373. The van der Waals surface area contributed by atoms with E-state index in [1.807, 2.05) is 73.9 Å². The molecular weight excluding hydrogens is 486 g/mol. The van der Waals surface area contributed by atoms with E-state index in [9.17, 15) is 9.59 Å². The summed E-state index contributed by atoms with van der Waals surface area (Å²) in [6.45, 7) is 8.13. The molecule has 0 saturated carbocycles. The Morgan fingerprint density at radius 3 is 2.35 bits per heavy atom. The van der Waals surface area contributed by atoms with Crippen molar-refractivity contribution < 1.29 is 14.3 Å². The van der Waals surface area contributed by atoms with E-state index in [2.05, 4.69) is 6.92 Å². The second-order valence-electron chi connectivity index (χ2n) is 10.0. The van der Waals surface area contributed by atoms with Crippen molar-refractivity contribution in [3.63, 3.8) is 0 Å². The van der Waals surface area contributed by atoms with E-state index < -0.39 is 5.60 Å². The number of hydrogen-bond donors (Lipinski definition) is 0. The number of aryl methyl sites for hydroxylation is 1. The summed E-state index contributed by atoms with van der Waals surface area (Å²) in [6, 6.07) is 22.5. The number of rotatable bonds is 8. The van der Waals surface area contributed by atoms with Crippen LogP contribution in [-0.2, 0) is 29.0 Å². The molecule has 7 heteroatoms. The van der Waals surface area contributed by atoms with Gasteiger partial charge in [-0.05, 0) is 75.2 Å². The Bertz CT molecular complexity index is 1390. The summed E-state index contributed by atoms with van der Waals surface area (Å²) in [5.41, 5.74) is 3.27. The molecule has 3 aromatic carbocycles. The number of amides is 1. The Kier molecular flexibility index (Phi) is 7.98. The molecule has 1 aromatic heterocycles. The predicted octanol–water partition coefficient (Wildman–Crippen LogP) is 6.83. The lowest BCUT2D eigenvalue weighted by atomic mass is 10.1. The van der Waals surface area contributed by atoms with Gasteiger partial charge in [-0.1, -0.05) is 48.9 Å². The molecule has 0 fully saturated rings. The molecule has 0 aliphatic carbocycles. The highest BCUT2D eigenvalue weighted by atomic mass is 35.5. The number of fused-ring (bicyclic) bond motifs is 1. The van der Waals surface area contributed by atoms with Gasteiger partial charge in [0.15, 0.2) is 0 Å². The van der Waals surface area contributed by atoms with Gasteiger partial charge in [0.1, 0.15) is 18.0 Å². The maximum atomic E-state index is 13.6. The van der Waals surface area contributed by atoms with Crippen LogP contribution in [0.3, 0.4) is 0 Å². The fraction of sp³-hybridized carbons (Fsp3) is 0.300. The van der Waals surface area contributed by atoms with Crippen molar-refractivity contribution in [3.05, 3.63) is 94.8 Å². The number of ether oxygens (including phenoxy) is 1. The number of imidazole rings is 1. The lowest BCUT2D eigenvalue weighted by Gasteiger charge is -2.23. The summed E-state index contributed by atoms with van der Waals surface area (Å²) < 4.78 is 7.48. The zero-order valence-corrected chi connectivity index (χ0v) is 22.5. The molecule has 0 atom stereocenters. The van der Waals surface area contributed by atoms with Crippen LogP contribution in [0.5, 0.6) is 0 Å². The van der Waals surface area contributed by atoms with Crippen molar-refractivity contribution in [2.75, 3.05) is 4.90 Å². The monoisotopic (exact) mass is 517 g/mol. The highest BCUT2D eigenvalue weighted by Gasteiger charge is 2.22. The van der Waals surface area contributed by atoms with Gasteiger partial charge in [0.05, 0.1) is 17.6 Å². The Balaban J connectivity index is 1.74. The van der Waals surface area contributed by atoms with E-state index in [0.717, 1.165) is 41.0 Å². The molecule has 192 valence electrons. The Morgan fingerprint density at radius 1 is 1.00 bits per heavy atom. The van der Waals surface area contributed by atoms with Crippen LogP contribution >= 0.6 is 11.6 Å². The largest absolute Gasteiger partial charge is 0.459 e. The molecule has 0 aliphatic rings. The minimum atomic E-state index is -0.564. The van der Waals surface area contributed by atoms with Gasteiger partial charge >= 0.3 is 5.97 Å². The van der Waals surface area contributed by atoms with Crippen LogP contribution < -0.4 is 4.90 Å². The molecule has 1 heterocycles. The molecule has 0 unspecified atom stereocenters. The maximum absolute atomic E-state index is 13.6. The molecule has 4 aromatic rings. The van der Waals surface area contributed by atoms with Crippen molar-refractivity contribution in [1.82, 2.24) is 9.55 Å². The standard InChI is InChI=1S/C30H32ClN3O3/c1-5-9-27-32-25-18-24(16-17-26(25)34(27)20-28(35)37-30(2,3)4)33(19-21-10-7-6-8-11-21)29(36)22-12-14-23(31)15-13-22/h6-8,10-18H,5,9,19-20H2,1-4H3. The smallest absolute Gasteiger partial charge is 0.326 e. The first kappa shape index (κ1) is 26.4. The Labute approximate surface area is 222 Å². The van der Waals surface area contributed by atoms with Gasteiger partial charge in [-0.3, -0.25) is 9.59 Å². The van der Waals surface area contributed by atoms with Gasteiger partial charge in [-0.15, -0.1) is 0 Å². The van der Waals surface area contributed by atoms with Crippen molar-refractivity contribution >= 4 is 40.2 Å². The van der Waals surface area contributed by atoms with E-state index in [4.69, 9.17) is 21.3 Å². The number of carbonyl (C=O) groups is 2. The summed E-state index contributed by atoms with van der Waals surface area (Å²) >= 11 is 6.05. The molecule has 0 aliphatic heterocycles. The van der Waals surface area contributed by atoms with Gasteiger partial charge < -0.3 is 14.2 Å². The number of halogens is 1. The molecule has 0 N–H and O–H groups in total. The minimum Gasteiger partial charge on any atom is -0.459 e. The molecule has 0 radical (unpaired) electrons. The number of hydrogen-bond acceptors (Lipinski definition) is 4. The van der Waals surface area contributed by atoms with Crippen LogP contribution in [0, 0.1) is 0 Å². The van der Waals surface area contributed by atoms with Gasteiger partial charge in [-0.25, -0.2) is 4.98 Å². The minimum absolute atomic E-state index is 0.0832. The average Bonchev–Trinajstić information content (AvgIpc) is 3.18. The molecule has 0 spiro atoms. The molecule has 37 heavy (non-hydrogen) atoms. The Hall–Kier alpha value is -3.64. The molecule has 4 rings (SSSR count). The average molecular weight is 518 g/mol. The number of nitrogens with zero attached hydrogens (tertiary/aromatic N) is 3. The van der Waals surface area contributed by atoms with Crippen LogP contribution in [-0.4, -0.2) is 27.0 Å². The van der Waals surface area contributed by atoms with E-state index in [0.29, 0.717) is 17.1 Å². The van der Waals surface area contributed by atoms with Crippen LogP contribution in [0.15, 0.2) is 72.8 Å². The third-order valence-corrected chi connectivity index (χ3v) is 6.08. The third-order valence-electron chi connectivity index (χ3n) is 5.82. The first-order chi connectivity index (χ1) is 17.6. The highest BCUT2D eigenvalue weighted by Crippen LogP contribution is 2.27. The molecule has 1 amide bonds. The van der Waals surface area contributed by atoms with E-state index in [1.165, 1.54) is 0 Å². The van der Waals surface area contributed by atoms with Gasteiger partial charge in [0.2, 0.25) is 0 Å². The van der Waals surface area contributed by atoms with Crippen molar-refractivity contribution in [1.29, 1.82) is 0 Å². The fourth-order valence-electron chi connectivity index (χ4n) is 4.22. The second kappa shape index (κ2) is 11.2. The normalized spacial score (nSPS) is 11.5. The predicted molar refractivity (Wildman–Crippen MR) is 148 cm³/mol. The van der Waals surface area contributed by atoms with E-state index in [1.54, 1.807) is 29.2 Å². The topological polar surface area (TPSA) is 64.4 Å².